The van der Waals surface area contributed by atoms with Crippen molar-refractivity contribution in [3.63, 3.8) is 0 Å². The zero-order valence-electron chi connectivity index (χ0n) is 18.5. The van der Waals surface area contributed by atoms with Crippen LogP contribution >= 0.6 is 0 Å². The van der Waals surface area contributed by atoms with E-state index in [1.54, 1.807) is 41.1 Å². The van der Waals surface area contributed by atoms with Crippen molar-refractivity contribution >= 4 is 11.6 Å². The van der Waals surface area contributed by atoms with Crippen LogP contribution in [-0.2, 0) is 0 Å². The van der Waals surface area contributed by atoms with Crippen LogP contribution in [0, 0.1) is 13.8 Å². The average molecular weight is 452 g/mol. The number of nitrogens with one attached hydrogen (secondary N) is 1. The molecular weight excluding hydrogens is 432 g/mol. The molecule has 1 amide bonds. The monoisotopic (exact) mass is 452 g/mol. The van der Waals surface area contributed by atoms with Gasteiger partial charge >= 0.3 is 0 Å². The van der Waals surface area contributed by atoms with Gasteiger partial charge in [0.05, 0.1) is 17.6 Å². The first-order valence-corrected chi connectivity index (χ1v) is 10.5. The van der Waals surface area contributed by atoms with Gasteiger partial charge in [-0.15, -0.1) is 15.3 Å². The summed E-state index contributed by atoms with van der Waals surface area (Å²) in [4.78, 5) is 13.9. The van der Waals surface area contributed by atoms with E-state index in [4.69, 9.17) is 4.74 Å². The Morgan fingerprint density at radius 3 is 2.38 bits per heavy atom. The molecule has 10 nitrogen and oxygen atoms in total. The number of aryl methyl sites for hydroxylation is 2. The topological polar surface area (TPSA) is 113 Å². The van der Waals surface area contributed by atoms with Crippen molar-refractivity contribution in [1.29, 1.82) is 0 Å². The molecule has 0 aliphatic carbocycles. The maximum atomic E-state index is 12.5. The molecule has 0 radical (unpaired) electrons. The Balaban J connectivity index is 1.21. The Morgan fingerprint density at radius 1 is 0.912 bits per heavy atom. The summed E-state index contributed by atoms with van der Waals surface area (Å²) >= 11 is 0. The van der Waals surface area contributed by atoms with E-state index < -0.39 is 0 Å². The van der Waals surface area contributed by atoms with Gasteiger partial charge in [0.2, 0.25) is 5.88 Å². The zero-order valence-corrected chi connectivity index (χ0v) is 18.5. The number of rotatable bonds is 6. The Hall–Kier alpha value is -4.86. The van der Waals surface area contributed by atoms with Crippen LogP contribution in [0.4, 0.5) is 5.69 Å². The van der Waals surface area contributed by atoms with Crippen molar-refractivity contribution in [3.05, 3.63) is 96.1 Å². The Bertz CT molecular complexity index is 1420. The van der Waals surface area contributed by atoms with Gasteiger partial charge in [-0.2, -0.15) is 15.0 Å². The normalized spacial score (nSPS) is 10.8. The first-order chi connectivity index (χ1) is 16.5. The second kappa shape index (κ2) is 8.94. The van der Waals surface area contributed by atoms with Crippen molar-refractivity contribution in [2.24, 2.45) is 0 Å². The summed E-state index contributed by atoms with van der Waals surface area (Å²) in [6.45, 7) is 3.88. The maximum absolute atomic E-state index is 12.5. The summed E-state index contributed by atoms with van der Waals surface area (Å²) in [6, 6.07) is 21.8. The van der Waals surface area contributed by atoms with E-state index in [1.165, 1.54) is 11.0 Å². The third kappa shape index (κ3) is 4.51. The van der Waals surface area contributed by atoms with Gasteiger partial charge in [-0.25, -0.2) is 4.68 Å². The largest absolute Gasteiger partial charge is 0.438 e. The van der Waals surface area contributed by atoms with Gasteiger partial charge in [0.25, 0.3) is 5.91 Å². The molecule has 34 heavy (non-hydrogen) atoms. The molecule has 5 rings (SSSR count). The molecule has 0 aliphatic rings. The number of para-hydroxylation sites is 1. The van der Waals surface area contributed by atoms with E-state index in [1.807, 2.05) is 50.2 Å². The number of benzene rings is 2. The maximum Gasteiger partial charge on any atom is 0.277 e. The Labute approximate surface area is 194 Å². The quantitative estimate of drug-likeness (QED) is 0.416. The summed E-state index contributed by atoms with van der Waals surface area (Å²) in [6.07, 6.45) is 1.42. The van der Waals surface area contributed by atoms with Gasteiger partial charge in [0.15, 0.2) is 11.5 Å². The Kier molecular flexibility index (Phi) is 5.53. The van der Waals surface area contributed by atoms with Crippen LogP contribution < -0.4 is 10.1 Å². The molecule has 0 saturated heterocycles. The van der Waals surface area contributed by atoms with E-state index >= 15 is 0 Å². The van der Waals surface area contributed by atoms with E-state index in [-0.39, 0.29) is 11.6 Å². The van der Waals surface area contributed by atoms with Crippen LogP contribution in [0.25, 0.3) is 11.5 Å². The minimum absolute atomic E-state index is 0.210. The molecule has 3 heterocycles. The standard InChI is InChI=1S/C24H20N8O2/c1-16-14-17(2)31(29-16)22-12-13-23(28-27-22)34-20-10-8-18(9-11-20)26-24(33)21-15-25-32(30-21)19-6-4-3-5-7-19/h3-15H,1-2H3,(H,26,33). The van der Waals surface area contributed by atoms with Crippen LogP contribution in [0.2, 0.25) is 0 Å². The molecule has 10 heteroatoms. The van der Waals surface area contributed by atoms with Gasteiger partial charge < -0.3 is 10.1 Å². The molecule has 2 aromatic carbocycles. The van der Waals surface area contributed by atoms with E-state index in [2.05, 4.69) is 30.8 Å². The van der Waals surface area contributed by atoms with Crippen LogP contribution in [0.1, 0.15) is 21.9 Å². The second-order valence-electron chi connectivity index (χ2n) is 7.50. The van der Waals surface area contributed by atoms with Crippen molar-refractivity contribution in [2.45, 2.75) is 13.8 Å². The summed E-state index contributed by atoms with van der Waals surface area (Å²) < 4.78 is 7.48. The number of aromatic nitrogens is 7. The number of hydrogen-bond donors (Lipinski definition) is 1. The molecule has 1 N–H and O–H groups in total. The van der Waals surface area contributed by atoms with Crippen molar-refractivity contribution in [1.82, 2.24) is 35.0 Å². The predicted molar refractivity (Wildman–Crippen MR) is 124 cm³/mol. The van der Waals surface area contributed by atoms with Crippen LogP contribution in [0.5, 0.6) is 11.6 Å². The fourth-order valence-corrected chi connectivity index (χ4v) is 3.32. The van der Waals surface area contributed by atoms with Gasteiger partial charge in [0.1, 0.15) is 5.75 Å². The zero-order chi connectivity index (χ0) is 23.5. The number of carbonyl (C=O) groups is 1. The van der Waals surface area contributed by atoms with E-state index in [9.17, 15) is 4.79 Å². The van der Waals surface area contributed by atoms with Crippen LogP contribution in [0.15, 0.2) is 79.0 Å². The number of carbonyl (C=O) groups excluding carboxylic acids is 1. The fraction of sp³-hybridized carbons (Fsp3) is 0.0833. The fourth-order valence-electron chi connectivity index (χ4n) is 3.32. The number of hydrogen-bond acceptors (Lipinski definition) is 7. The molecule has 0 atom stereocenters. The van der Waals surface area contributed by atoms with Crippen molar-refractivity contribution in [3.8, 4) is 23.1 Å². The van der Waals surface area contributed by atoms with E-state index in [0.29, 0.717) is 23.1 Å². The van der Waals surface area contributed by atoms with Gasteiger partial charge in [0, 0.05) is 17.4 Å². The highest BCUT2D eigenvalue weighted by atomic mass is 16.5. The molecular formula is C24H20N8O2. The molecule has 0 spiro atoms. The molecule has 3 aromatic heterocycles. The summed E-state index contributed by atoms with van der Waals surface area (Å²) in [5, 5.41) is 23.9. The smallest absolute Gasteiger partial charge is 0.277 e. The average Bonchev–Trinajstić information content (AvgIpc) is 3.48. The van der Waals surface area contributed by atoms with Gasteiger partial charge in [-0.1, -0.05) is 18.2 Å². The molecule has 0 aliphatic heterocycles. The van der Waals surface area contributed by atoms with Crippen LogP contribution in [0.3, 0.4) is 0 Å². The third-order valence-electron chi connectivity index (χ3n) is 4.90. The highest BCUT2D eigenvalue weighted by Gasteiger charge is 2.12. The van der Waals surface area contributed by atoms with Gasteiger partial charge in [-0.05, 0) is 62.4 Å². The molecule has 0 fully saturated rings. The first-order valence-electron chi connectivity index (χ1n) is 10.5. The summed E-state index contributed by atoms with van der Waals surface area (Å²) in [7, 11) is 0. The molecule has 0 saturated carbocycles. The van der Waals surface area contributed by atoms with Crippen molar-refractivity contribution in [2.75, 3.05) is 5.32 Å². The lowest BCUT2D eigenvalue weighted by Crippen LogP contribution is -2.13. The van der Waals surface area contributed by atoms with Gasteiger partial charge in [-0.3, -0.25) is 4.79 Å². The Morgan fingerprint density at radius 2 is 1.71 bits per heavy atom. The third-order valence-corrected chi connectivity index (χ3v) is 4.90. The number of ether oxygens (including phenoxy) is 1. The SMILES string of the molecule is Cc1cc(C)n(-c2ccc(Oc3ccc(NC(=O)c4cnn(-c5ccccc5)n4)cc3)nn2)n1. The minimum atomic E-state index is -0.360. The lowest BCUT2D eigenvalue weighted by atomic mass is 10.3. The molecule has 0 unspecified atom stereocenters. The lowest BCUT2D eigenvalue weighted by molar-refractivity contribution is 0.102. The highest BCUT2D eigenvalue weighted by molar-refractivity contribution is 6.02. The second-order valence-corrected chi connectivity index (χ2v) is 7.50. The molecule has 0 bridgehead atoms. The van der Waals surface area contributed by atoms with Crippen molar-refractivity contribution < 1.29 is 9.53 Å². The molecule has 5 aromatic rings. The number of nitrogens with zero attached hydrogens (tertiary/aromatic N) is 7. The summed E-state index contributed by atoms with van der Waals surface area (Å²) in [5.74, 6) is 1.16. The lowest BCUT2D eigenvalue weighted by Gasteiger charge is -2.07. The summed E-state index contributed by atoms with van der Waals surface area (Å²) in [5.41, 5.74) is 3.46. The molecule has 168 valence electrons. The first kappa shape index (κ1) is 21.0. The number of amides is 1. The minimum Gasteiger partial charge on any atom is -0.438 e. The van der Waals surface area contributed by atoms with Crippen LogP contribution in [-0.4, -0.2) is 40.9 Å². The van der Waals surface area contributed by atoms with E-state index in [0.717, 1.165) is 17.1 Å². The predicted octanol–water partition coefficient (Wildman–Crippen LogP) is 3.90. The highest BCUT2D eigenvalue weighted by Crippen LogP contribution is 2.22. The number of anilines is 1.